The molecule has 0 fully saturated rings. The van der Waals surface area contributed by atoms with Gasteiger partial charge in [-0.3, -0.25) is 4.79 Å². The van der Waals surface area contributed by atoms with Crippen molar-refractivity contribution >= 4 is 21.6 Å². The Morgan fingerprint density at radius 1 is 1.00 bits per heavy atom. The van der Waals surface area contributed by atoms with Gasteiger partial charge in [0.25, 0.3) is 5.91 Å². The summed E-state index contributed by atoms with van der Waals surface area (Å²) >= 11 is 0. The molecule has 7 nitrogen and oxygen atoms in total. The third-order valence-electron chi connectivity index (χ3n) is 4.16. The van der Waals surface area contributed by atoms with Crippen LogP contribution < -0.4 is 5.32 Å². The molecule has 0 heterocycles. The van der Waals surface area contributed by atoms with Crippen LogP contribution in [0.3, 0.4) is 0 Å². The third kappa shape index (κ3) is 4.92. The van der Waals surface area contributed by atoms with Crippen LogP contribution in [0.2, 0.25) is 0 Å². The van der Waals surface area contributed by atoms with Gasteiger partial charge in [-0.05, 0) is 43.2 Å². The van der Waals surface area contributed by atoms with Crippen LogP contribution in [-0.2, 0) is 10.0 Å². The summed E-state index contributed by atoms with van der Waals surface area (Å²) in [5, 5.41) is 21.0. The zero-order chi connectivity index (χ0) is 20.0. The number of rotatable bonds is 8. The van der Waals surface area contributed by atoms with E-state index in [0.29, 0.717) is 11.3 Å². The van der Waals surface area contributed by atoms with Crippen LogP contribution in [0.25, 0.3) is 0 Å². The lowest BCUT2D eigenvalue weighted by Gasteiger charge is -2.21. The fourth-order valence-electron chi connectivity index (χ4n) is 2.64. The van der Waals surface area contributed by atoms with Gasteiger partial charge in [0.2, 0.25) is 10.0 Å². The number of benzene rings is 2. The molecule has 0 spiro atoms. The molecule has 0 unspecified atom stereocenters. The highest BCUT2D eigenvalue weighted by Crippen LogP contribution is 2.22. The van der Waals surface area contributed by atoms with E-state index in [1.807, 2.05) is 19.1 Å². The first-order chi connectivity index (χ1) is 12.8. The van der Waals surface area contributed by atoms with E-state index >= 15 is 0 Å². The molecule has 1 amide bonds. The van der Waals surface area contributed by atoms with Crippen LogP contribution >= 0.6 is 0 Å². The summed E-state index contributed by atoms with van der Waals surface area (Å²) in [6.45, 7) is 2.48. The number of hydrogen-bond acceptors (Lipinski definition) is 5. The number of carbonyl (C=O) groups excluding carboxylic acids is 1. The highest BCUT2D eigenvalue weighted by atomic mass is 32.2. The lowest BCUT2D eigenvalue weighted by molar-refractivity contribution is 0.102. The van der Waals surface area contributed by atoms with E-state index in [4.69, 9.17) is 10.2 Å². The fraction of sp³-hybridized carbons (Fsp3) is 0.316. The maximum Gasteiger partial charge on any atom is 0.255 e. The average molecular weight is 392 g/mol. The van der Waals surface area contributed by atoms with Crippen LogP contribution in [0, 0.1) is 13.8 Å². The van der Waals surface area contributed by atoms with Crippen LogP contribution in [0.5, 0.6) is 0 Å². The van der Waals surface area contributed by atoms with Crippen molar-refractivity contribution < 1.29 is 23.4 Å². The number of carbonyl (C=O) groups is 1. The molecular weight excluding hydrogens is 368 g/mol. The molecule has 3 N–H and O–H groups in total. The van der Waals surface area contributed by atoms with Gasteiger partial charge in [-0.25, -0.2) is 8.42 Å². The van der Waals surface area contributed by atoms with Crippen molar-refractivity contribution in [1.82, 2.24) is 4.31 Å². The molecule has 0 bridgehead atoms. The van der Waals surface area contributed by atoms with Gasteiger partial charge in [-0.2, -0.15) is 4.31 Å². The normalized spacial score (nSPS) is 11.6. The quantitative estimate of drug-likeness (QED) is 0.632. The van der Waals surface area contributed by atoms with E-state index in [1.165, 1.54) is 6.07 Å². The number of aliphatic hydroxyl groups is 2. The van der Waals surface area contributed by atoms with E-state index < -0.39 is 15.9 Å². The second-order valence-electron chi connectivity index (χ2n) is 6.10. The lowest BCUT2D eigenvalue weighted by Crippen LogP contribution is -2.36. The first-order valence-electron chi connectivity index (χ1n) is 8.50. The molecule has 8 heteroatoms. The SMILES string of the molecule is Cc1ccccc1NC(=O)c1ccc(C)c(S(=O)(=O)N(CCO)CCO)c1. The molecule has 2 rings (SSSR count). The number of aliphatic hydroxyl groups excluding tert-OH is 2. The van der Waals surface area contributed by atoms with Crippen LogP contribution in [0.1, 0.15) is 21.5 Å². The van der Waals surface area contributed by atoms with Crippen LogP contribution in [0.15, 0.2) is 47.4 Å². The largest absolute Gasteiger partial charge is 0.395 e. The Morgan fingerprint density at radius 3 is 2.22 bits per heavy atom. The summed E-state index contributed by atoms with van der Waals surface area (Å²) in [6, 6.07) is 11.7. The van der Waals surface area contributed by atoms with Gasteiger partial charge in [-0.1, -0.05) is 24.3 Å². The molecule has 0 aliphatic rings. The van der Waals surface area contributed by atoms with E-state index in [0.717, 1.165) is 9.87 Å². The number of nitrogens with one attached hydrogen (secondary N) is 1. The lowest BCUT2D eigenvalue weighted by atomic mass is 10.1. The fourth-order valence-corrected chi connectivity index (χ4v) is 4.31. The van der Waals surface area contributed by atoms with Gasteiger partial charge < -0.3 is 15.5 Å². The van der Waals surface area contributed by atoms with E-state index in [1.54, 1.807) is 31.2 Å². The summed E-state index contributed by atoms with van der Waals surface area (Å²) in [5.41, 5.74) is 2.22. The zero-order valence-corrected chi connectivity index (χ0v) is 16.2. The number of para-hydroxylation sites is 1. The number of amides is 1. The van der Waals surface area contributed by atoms with Crippen molar-refractivity contribution in [2.75, 3.05) is 31.6 Å². The van der Waals surface area contributed by atoms with Gasteiger partial charge in [0.1, 0.15) is 0 Å². The van der Waals surface area contributed by atoms with Gasteiger partial charge in [-0.15, -0.1) is 0 Å². The molecule has 0 saturated carbocycles. The van der Waals surface area contributed by atoms with E-state index in [9.17, 15) is 13.2 Å². The number of anilines is 1. The highest BCUT2D eigenvalue weighted by Gasteiger charge is 2.26. The predicted molar refractivity (Wildman–Crippen MR) is 103 cm³/mol. The van der Waals surface area contributed by atoms with Crippen LogP contribution in [0.4, 0.5) is 5.69 Å². The summed E-state index contributed by atoms with van der Waals surface area (Å²) in [6.07, 6.45) is 0. The Morgan fingerprint density at radius 2 is 1.63 bits per heavy atom. The minimum absolute atomic E-state index is 0.0261. The molecule has 0 radical (unpaired) electrons. The average Bonchev–Trinajstić information content (AvgIpc) is 2.63. The first-order valence-corrected chi connectivity index (χ1v) is 9.94. The monoisotopic (exact) mass is 392 g/mol. The molecule has 27 heavy (non-hydrogen) atoms. The Kier molecular flexibility index (Phi) is 7.09. The van der Waals surface area contributed by atoms with Crippen molar-refractivity contribution in [3.8, 4) is 0 Å². The Hall–Kier alpha value is -2.26. The Bertz CT molecular complexity index is 906. The molecule has 2 aromatic carbocycles. The third-order valence-corrected chi connectivity index (χ3v) is 6.20. The number of nitrogens with zero attached hydrogens (tertiary/aromatic N) is 1. The standard InChI is InChI=1S/C19H24N2O5S/c1-14-5-3-4-6-17(14)20-19(24)16-8-7-15(2)18(13-16)27(25,26)21(9-11-22)10-12-23/h3-8,13,22-23H,9-12H2,1-2H3,(H,20,24). The molecule has 0 aliphatic carbocycles. The van der Waals surface area contributed by atoms with Crippen molar-refractivity contribution in [2.24, 2.45) is 0 Å². The summed E-state index contributed by atoms with van der Waals surface area (Å²) in [7, 11) is -3.96. The summed E-state index contributed by atoms with van der Waals surface area (Å²) in [5.74, 6) is -0.420. The maximum absolute atomic E-state index is 12.9. The molecule has 2 aromatic rings. The second-order valence-corrected chi connectivity index (χ2v) is 8.01. The van der Waals surface area contributed by atoms with Crippen molar-refractivity contribution in [3.63, 3.8) is 0 Å². The second kappa shape index (κ2) is 9.09. The highest BCUT2D eigenvalue weighted by molar-refractivity contribution is 7.89. The predicted octanol–water partition coefficient (Wildman–Crippen LogP) is 1.53. The first kappa shape index (κ1) is 21.0. The topological polar surface area (TPSA) is 107 Å². The van der Waals surface area contributed by atoms with Crippen molar-refractivity contribution in [2.45, 2.75) is 18.7 Å². The van der Waals surface area contributed by atoms with Crippen LogP contribution in [-0.4, -0.2) is 55.1 Å². The smallest absolute Gasteiger partial charge is 0.255 e. The van der Waals surface area contributed by atoms with E-state index in [-0.39, 0.29) is 36.8 Å². The maximum atomic E-state index is 12.9. The molecular formula is C19H24N2O5S. The Balaban J connectivity index is 2.37. The summed E-state index contributed by atoms with van der Waals surface area (Å²) < 4.78 is 26.8. The van der Waals surface area contributed by atoms with Gasteiger partial charge in [0, 0.05) is 24.3 Å². The molecule has 146 valence electrons. The molecule has 0 saturated heterocycles. The van der Waals surface area contributed by atoms with Crippen molar-refractivity contribution in [3.05, 3.63) is 59.2 Å². The summed E-state index contributed by atoms with van der Waals surface area (Å²) in [4.78, 5) is 12.6. The number of hydrogen-bond donors (Lipinski definition) is 3. The molecule has 0 atom stereocenters. The van der Waals surface area contributed by atoms with Gasteiger partial charge in [0.05, 0.1) is 18.1 Å². The Labute approximate surface area is 159 Å². The van der Waals surface area contributed by atoms with Gasteiger partial charge >= 0.3 is 0 Å². The minimum atomic E-state index is -3.96. The number of sulfonamides is 1. The minimum Gasteiger partial charge on any atom is -0.395 e. The van der Waals surface area contributed by atoms with Gasteiger partial charge in [0.15, 0.2) is 0 Å². The molecule has 0 aliphatic heterocycles. The molecule has 0 aromatic heterocycles. The van der Waals surface area contributed by atoms with E-state index in [2.05, 4.69) is 5.32 Å². The zero-order valence-electron chi connectivity index (χ0n) is 15.3. The number of aryl methyl sites for hydroxylation is 2. The van der Waals surface area contributed by atoms with Crippen molar-refractivity contribution in [1.29, 1.82) is 0 Å².